The number of esters is 1. The van der Waals surface area contributed by atoms with Gasteiger partial charge in [0.15, 0.2) is 0 Å². The molecular formula is C18H24ClNO4S2. The summed E-state index contributed by atoms with van der Waals surface area (Å²) in [6.45, 7) is 2.10. The van der Waals surface area contributed by atoms with E-state index in [0.29, 0.717) is 10.9 Å². The largest absolute Gasteiger partial charge is 0.463 e. The number of fused-ring (bicyclic) bond motifs is 2. The first-order chi connectivity index (χ1) is 12.4. The van der Waals surface area contributed by atoms with Gasteiger partial charge in [0.05, 0.1) is 10.9 Å². The molecule has 1 N–H and O–H groups in total. The summed E-state index contributed by atoms with van der Waals surface area (Å²) in [7, 11) is -3.63. The number of nitrogens with one attached hydrogen (secondary N) is 1. The lowest BCUT2D eigenvalue weighted by Crippen LogP contribution is -2.46. The molecule has 2 aliphatic rings. The van der Waals surface area contributed by atoms with E-state index in [0.717, 1.165) is 49.9 Å². The Morgan fingerprint density at radius 1 is 1.38 bits per heavy atom. The minimum atomic E-state index is -3.63. The molecule has 0 saturated heterocycles. The molecule has 26 heavy (non-hydrogen) atoms. The molecule has 2 fully saturated rings. The average molecular weight is 418 g/mol. The van der Waals surface area contributed by atoms with Crippen LogP contribution in [-0.2, 0) is 19.6 Å². The summed E-state index contributed by atoms with van der Waals surface area (Å²) in [5.41, 5.74) is -0.331. The van der Waals surface area contributed by atoms with Crippen LogP contribution in [0.3, 0.4) is 0 Å². The first-order valence-electron chi connectivity index (χ1n) is 9.00. The van der Waals surface area contributed by atoms with Crippen molar-refractivity contribution in [3.8, 4) is 0 Å². The SMILES string of the molecule is CCOC(=O)C=C[C@]12CCCC[C@H](CC1)[C@@H]2NS(=O)(=O)c1ccc(Cl)s1. The molecule has 0 spiro atoms. The van der Waals surface area contributed by atoms with Gasteiger partial charge in [0.25, 0.3) is 0 Å². The van der Waals surface area contributed by atoms with E-state index in [2.05, 4.69) is 4.72 Å². The zero-order chi connectivity index (χ0) is 18.8. The monoisotopic (exact) mass is 417 g/mol. The van der Waals surface area contributed by atoms with Gasteiger partial charge in [0, 0.05) is 17.5 Å². The van der Waals surface area contributed by atoms with Crippen LogP contribution in [0.5, 0.6) is 0 Å². The molecule has 144 valence electrons. The highest BCUT2D eigenvalue weighted by Crippen LogP contribution is 2.51. The van der Waals surface area contributed by atoms with Crippen LogP contribution in [0, 0.1) is 11.3 Å². The third kappa shape index (κ3) is 4.16. The molecule has 2 saturated carbocycles. The number of hydrogen-bond donors (Lipinski definition) is 1. The molecule has 0 radical (unpaired) electrons. The molecule has 5 nitrogen and oxygen atoms in total. The van der Waals surface area contributed by atoms with Gasteiger partial charge in [-0.15, -0.1) is 11.3 Å². The van der Waals surface area contributed by atoms with Crippen molar-refractivity contribution in [2.75, 3.05) is 6.61 Å². The molecule has 2 bridgehead atoms. The van der Waals surface area contributed by atoms with Gasteiger partial charge in [-0.25, -0.2) is 17.9 Å². The smallest absolute Gasteiger partial charge is 0.330 e. The maximum Gasteiger partial charge on any atom is 0.330 e. The first kappa shape index (κ1) is 19.9. The lowest BCUT2D eigenvalue weighted by atomic mass is 9.78. The summed E-state index contributed by atoms with van der Waals surface area (Å²) >= 11 is 6.97. The first-order valence-corrected chi connectivity index (χ1v) is 11.7. The Kier molecular flexibility index (Phi) is 6.11. The van der Waals surface area contributed by atoms with Crippen LogP contribution < -0.4 is 4.72 Å². The predicted octanol–water partition coefficient (Wildman–Crippen LogP) is 4.14. The molecule has 1 aromatic heterocycles. The van der Waals surface area contributed by atoms with E-state index in [1.54, 1.807) is 13.0 Å². The van der Waals surface area contributed by atoms with Crippen molar-refractivity contribution in [3.05, 3.63) is 28.6 Å². The van der Waals surface area contributed by atoms with Gasteiger partial charge in [-0.2, -0.15) is 0 Å². The summed E-state index contributed by atoms with van der Waals surface area (Å²) in [4.78, 5) is 11.8. The molecule has 0 aromatic carbocycles. The van der Waals surface area contributed by atoms with Crippen LogP contribution >= 0.6 is 22.9 Å². The number of thiophene rings is 1. The standard InChI is InChI=1S/C18H24ClNO4S2/c1-2-24-15(21)9-12-18-10-4-3-5-13(8-11-18)17(18)20-26(22,23)16-7-6-14(19)25-16/h6-7,9,12-13,17,20H,2-5,8,10-11H2,1H3/t13-,17+,18+/m1/s1. The molecule has 2 aliphatic carbocycles. The van der Waals surface area contributed by atoms with Crippen LogP contribution in [0.25, 0.3) is 0 Å². The van der Waals surface area contributed by atoms with Crippen LogP contribution in [0.15, 0.2) is 28.5 Å². The summed E-state index contributed by atoms with van der Waals surface area (Å²) < 4.78 is 34.3. The molecule has 3 rings (SSSR count). The van der Waals surface area contributed by atoms with Crippen LogP contribution in [0.4, 0.5) is 0 Å². The lowest BCUT2D eigenvalue weighted by molar-refractivity contribution is -0.137. The average Bonchev–Trinajstić information content (AvgIpc) is 3.09. The number of carbonyl (C=O) groups excluding carboxylic acids is 1. The molecule has 3 atom stereocenters. The van der Waals surface area contributed by atoms with Crippen molar-refractivity contribution in [3.63, 3.8) is 0 Å². The number of rotatable bonds is 6. The summed E-state index contributed by atoms with van der Waals surface area (Å²) in [5.74, 6) is -0.0872. The Morgan fingerprint density at radius 3 is 2.88 bits per heavy atom. The Balaban J connectivity index is 1.88. The topological polar surface area (TPSA) is 72.5 Å². The second-order valence-electron chi connectivity index (χ2n) is 7.02. The van der Waals surface area contributed by atoms with Gasteiger partial charge in [0.1, 0.15) is 4.21 Å². The van der Waals surface area contributed by atoms with Crippen molar-refractivity contribution in [1.29, 1.82) is 0 Å². The maximum absolute atomic E-state index is 12.9. The van der Waals surface area contributed by atoms with Gasteiger partial charge in [-0.05, 0) is 50.7 Å². The third-order valence-corrected chi connectivity index (χ3v) is 8.64. The zero-order valence-corrected chi connectivity index (χ0v) is 17.1. The Morgan fingerprint density at radius 2 is 2.19 bits per heavy atom. The minimum Gasteiger partial charge on any atom is -0.463 e. The molecule has 0 aliphatic heterocycles. The number of hydrogen-bond acceptors (Lipinski definition) is 5. The summed E-state index contributed by atoms with van der Waals surface area (Å²) in [6.07, 6.45) is 9.21. The Bertz CT molecular complexity index is 789. The van der Waals surface area contributed by atoms with Crippen molar-refractivity contribution >= 4 is 38.9 Å². The molecular weight excluding hydrogens is 394 g/mol. The number of ether oxygens (including phenoxy) is 1. The quantitative estimate of drug-likeness (QED) is 0.557. The molecule has 8 heteroatoms. The highest BCUT2D eigenvalue weighted by molar-refractivity contribution is 7.91. The van der Waals surface area contributed by atoms with Gasteiger partial charge in [-0.3, -0.25) is 0 Å². The van der Waals surface area contributed by atoms with Gasteiger partial charge in [-0.1, -0.05) is 30.5 Å². The van der Waals surface area contributed by atoms with Crippen molar-refractivity contribution in [2.24, 2.45) is 11.3 Å². The number of halogens is 1. The zero-order valence-electron chi connectivity index (χ0n) is 14.7. The lowest BCUT2D eigenvalue weighted by Gasteiger charge is -2.33. The fourth-order valence-corrected chi connectivity index (χ4v) is 7.16. The van der Waals surface area contributed by atoms with Crippen molar-refractivity contribution in [2.45, 2.75) is 55.7 Å². The predicted molar refractivity (Wildman–Crippen MR) is 103 cm³/mol. The van der Waals surface area contributed by atoms with E-state index in [1.807, 2.05) is 6.08 Å². The summed E-state index contributed by atoms with van der Waals surface area (Å²) in [5, 5.41) is 0. The van der Waals surface area contributed by atoms with E-state index in [1.165, 1.54) is 12.1 Å². The van der Waals surface area contributed by atoms with Crippen molar-refractivity contribution < 1.29 is 17.9 Å². The molecule has 0 amide bonds. The molecule has 0 unspecified atom stereocenters. The summed E-state index contributed by atoms with van der Waals surface area (Å²) in [6, 6.07) is 2.93. The fraction of sp³-hybridized carbons (Fsp3) is 0.611. The highest BCUT2D eigenvalue weighted by atomic mass is 35.5. The third-order valence-electron chi connectivity index (χ3n) is 5.47. The van der Waals surface area contributed by atoms with Crippen molar-refractivity contribution in [1.82, 2.24) is 4.72 Å². The van der Waals surface area contributed by atoms with E-state index in [4.69, 9.17) is 16.3 Å². The van der Waals surface area contributed by atoms with Gasteiger partial charge < -0.3 is 4.74 Å². The van der Waals surface area contributed by atoms with Gasteiger partial charge >= 0.3 is 5.97 Å². The van der Waals surface area contributed by atoms with E-state index >= 15 is 0 Å². The Hall–Kier alpha value is -0.890. The molecule has 1 aromatic rings. The molecule has 1 heterocycles. The second kappa shape index (κ2) is 8.00. The Labute approximate surface area is 163 Å². The van der Waals surface area contributed by atoms with Crippen LogP contribution in [0.2, 0.25) is 4.34 Å². The van der Waals surface area contributed by atoms with E-state index in [-0.39, 0.29) is 27.6 Å². The number of carbonyl (C=O) groups is 1. The van der Waals surface area contributed by atoms with E-state index in [9.17, 15) is 13.2 Å². The van der Waals surface area contributed by atoms with Gasteiger partial charge in [0.2, 0.25) is 10.0 Å². The maximum atomic E-state index is 12.9. The minimum absolute atomic E-state index is 0.207. The normalized spacial score (nSPS) is 29.0. The number of sulfonamides is 1. The highest BCUT2D eigenvalue weighted by Gasteiger charge is 2.49. The fourth-order valence-electron chi connectivity index (χ4n) is 4.27. The van der Waals surface area contributed by atoms with Crippen LogP contribution in [-0.4, -0.2) is 27.0 Å². The van der Waals surface area contributed by atoms with Crippen LogP contribution in [0.1, 0.15) is 45.4 Å². The van der Waals surface area contributed by atoms with E-state index < -0.39 is 10.0 Å². The second-order valence-corrected chi connectivity index (χ2v) is 10.7.